The van der Waals surface area contributed by atoms with E-state index in [0.29, 0.717) is 18.3 Å². The lowest BCUT2D eigenvalue weighted by Crippen LogP contribution is -2.47. The van der Waals surface area contributed by atoms with E-state index in [-0.39, 0.29) is 23.0 Å². The average molecular weight is 408 g/mol. The molecule has 0 aromatic heterocycles. The number of halogens is 1. The number of benzene rings is 1. The first-order chi connectivity index (χ1) is 13.5. The normalized spacial score (nSPS) is 25.7. The first-order valence-corrected chi connectivity index (χ1v) is 11.2. The van der Waals surface area contributed by atoms with Crippen LogP contribution in [0.3, 0.4) is 0 Å². The predicted octanol–water partition coefficient (Wildman–Crippen LogP) is 3.17. The Labute approximate surface area is 171 Å². The molecule has 0 bridgehead atoms. The first kappa shape index (κ1) is 21.1. The number of hydrogen-bond donors (Lipinski definition) is 1. The van der Waals surface area contributed by atoms with Crippen LogP contribution in [0.5, 0.6) is 0 Å². The van der Waals surface area contributed by atoms with E-state index in [2.05, 4.69) is 17.1 Å². The molecule has 3 unspecified atom stereocenters. The fourth-order valence-electron chi connectivity index (χ4n) is 4.11. The quantitative estimate of drug-likeness (QED) is 0.736. The van der Waals surface area contributed by atoms with Crippen LogP contribution >= 0.6 is 11.8 Å². The van der Waals surface area contributed by atoms with Crippen LogP contribution in [0.2, 0.25) is 0 Å². The van der Waals surface area contributed by atoms with E-state index < -0.39 is 6.04 Å². The molecule has 1 aromatic carbocycles. The van der Waals surface area contributed by atoms with E-state index in [4.69, 9.17) is 0 Å². The average Bonchev–Trinajstić information content (AvgIpc) is 3.12. The first-order valence-electron chi connectivity index (χ1n) is 10.1. The second kappa shape index (κ2) is 9.74. The van der Waals surface area contributed by atoms with Gasteiger partial charge in [0, 0.05) is 31.8 Å². The number of amides is 2. The van der Waals surface area contributed by atoms with Gasteiger partial charge >= 0.3 is 0 Å². The summed E-state index contributed by atoms with van der Waals surface area (Å²) >= 11 is 1.51. The summed E-state index contributed by atoms with van der Waals surface area (Å²) in [4.78, 5) is 29.0. The molecule has 7 heteroatoms. The molecular formula is C21H30FN3O2S. The lowest BCUT2D eigenvalue weighted by Gasteiger charge is -2.33. The van der Waals surface area contributed by atoms with Crippen LogP contribution in [-0.2, 0) is 9.59 Å². The van der Waals surface area contributed by atoms with Crippen LogP contribution in [0.1, 0.15) is 50.5 Å². The van der Waals surface area contributed by atoms with E-state index >= 15 is 0 Å². The van der Waals surface area contributed by atoms with Gasteiger partial charge in [0.15, 0.2) is 0 Å². The maximum Gasteiger partial charge on any atom is 0.243 e. The molecule has 1 N–H and O–H groups in total. The minimum atomic E-state index is -0.510. The Morgan fingerprint density at radius 2 is 2.14 bits per heavy atom. The zero-order valence-corrected chi connectivity index (χ0v) is 17.5. The van der Waals surface area contributed by atoms with Gasteiger partial charge in [-0.3, -0.25) is 9.59 Å². The molecule has 2 heterocycles. The van der Waals surface area contributed by atoms with Crippen molar-refractivity contribution in [3.63, 3.8) is 0 Å². The van der Waals surface area contributed by atoms with Gasteiger partial charge in [0.05, 0.1) is 0 Å². The Morgan fingerprint density at radius 3 is 2.86 bits per heavy atom. The number of carbonyl (C=O) groups excluding carboxylic acids is 2. The third-order valence-corrected chi connectivity index (χ3v) is 6.99. The van der Waals surface area contributed by atoms with Gasteiger partial charge in [-0.05, 0) is 50.4 Å². The van der Waals surface area contributed by atoms with Gasteiger partial charge in [-0.15, -0.1) is 11.8 Å². The summed E-state index contributed by atoms with van der Waals surface area (Å²) in [5, 5.41) is 2.68. The van der Waals surface area contributed by atoms with Crippen LogP contribution < -0.4 is 5.32 Å². The Morgan fingerprint density at radius 1 is 1.32 bits per heavy atom. The predicted molar refractivity (Wildman–Crippen MR) is 110 cm³/mol. The van der Waals surface area contributed by atoms with E-state index in [0.717, 1.165) is 25.1 Å². The highest BCUT2D eigenvalue weighted by molar-refractivity contribution is 7.99. The number of hydrogen-bond acceptors (Lipinski definition) is 4. The molecule has 0 radical (unpaired) electrons. The molecule has 3 rings (SSSR count). The van der Waals surface area contributed by atoms with Crippen molar-refractivity contribution in [2.45, 2.75) is 57.0 Å². The second-order valence-corrected chi connectivity index (χ2v) is 8.82. The number of likely N-dealkylation sites (tertiary alicyclic amines) is 1. The number of carbonyl (C=O) groups is 2. The SMILES string of the molecule is CC(=O)N1C(C(=O)NCCCN2CCCCC2C)CSC1c1cccc(F)c1. The van der Waals surface area contributed by atoms with Gasteiger partial charge in [0.1, 0.15) is 17.2 Å². The highest BCUT2D eigenvalue weighted by Gasteiger charge is 2.40. The minimum absolute atomic E-state index is 0.117. The number of nitrogens with one attached hydrogen (secondary N) is 1. The summed E-state index contributed by atoms with van der Waals surface area (Å²) < 4.78 is 13.6. The zero-order valence-electron chi connectivity index (χ0n) is 16.7. The van der Waals surface area contributed by atoms with E-state index in [1.807, 2.05) is 0 Å². The van der Waals surface area contributed by atoms with Crippen LogP contribution in [0.15, 0.2) is 24.3 Å². The van der Waals surface area contributed by atoms with Crippen molar-refractivity contribution >= 4 is 23.6 Å². The van der Waals surface area contributed by atoms with Gasteiger partial charge < -0.3 is 15.1 Å². The Bertz CT molecular complexity index is 702. The van der Waals surface area contributed by atoms with Crippen LogP contribution in [0.4, 0.5) is 4.39 Å². The highest BCUT2D eigenvalue weighted by atomic mass is 32.2. The number of nitrogens with zero attached hydrogens (tertiary/aromatic N) is 2. The summed E-state index contributed by atoms with van der Waals surface area (Å²) in [6, 6.07) is 6.37. The summed E-state index contributed by atoms with van der Waals surface area (Å²) in [6.45, 7) is 6.48. The van der Waals surface area contributed by atoms with Crippen molar-refractivity contribution in [3.05, 3.63) is 35.6 Å². The smallest absolute Gasteiger partial charge is 0.243 e. The van der Waals surface area contributed by atoms with Crippen LogP contribution in [-0.4, -0.2) is 59.1 Å². The molecule has 2 fully saturated rings. The molecule has 0 saturated carbocycles. The molecule has 0 aliphatic carbocycles. The standard InChI is InChI=1S/C21H30FN3O2S/c1-15-7-3-4-11-24(15)12-6-10-23-20(27)19-14-28-21(25(19)16(2)26)17-8-5-9-18(22)13-17/h5,8-9,13,15,19,21H,3-4,6-7,10-12,14H2,1-2H3,(H,23,27). The Balaban J connectivity index is 1.53. The van der Waals surface area contributed by atoms with Gasteiger partial charge in [0.2, 0.25) is 11.8 Å². The fraction of sp³-hybridized carbons (Fsp3) is 0.619. The van der Waals surface area contributed by atoms with Crippen molar-refractivity contribution < 1.29 is 14.0 Å². The lowest BCUT2D eigenvalue weighted by atomic mass is 10.0. The van der Waals surface area contributed by atoms with E-state index in [1.165, 1.54) is 50.1 Å². The molecule has 2 saturated heterocycles. The maximum absolute atomic E-state index is 13.6. The Hall–Kier alpha value is -1.60. The Kier molecular flexibility index (Phi) is 7.35. The fourth-order valence-corrected chi connectivity index (χ4v) is 5.58. The molecule has 2 amide bonds. The summed E-state index contributed by atoms with van der Waals surface area (Å²) in [5.74, 6) is -0.0910. The molecule has 2 aliphatic heterocycles. The lowest BCUT2D eigenvalue weighted by molar-refractivity contribution is -0.138. The minimum Gasteiger partial charge on any atom is -0.354 e. The molecule has 0 spiro atoms. The maximum atomic E-state index is 13.6. The molecule has 1 aromatic rings. The van der Waals surface area contributed by atoms with Gasteiger partial charge in [0.25, 0.3) is 0 Å². The molecule has 3 atom stereocenters. The number of rotatable bonds is 6. The summed E-state index contributed by atoms with van der Waals surface area (Å²) in [5.41, 5.74) is 0.717. The van der Waals surface area contributed by atoms with Gasteiger partial charge in [-0.1, -0.05) is 18.6 Å². The van der Waals surface area contributed by atoms with Gasteiger partial charge in [-0.25, -0.2) is 4.39 Å². The third kappa shape index (κ3) is 5.06. The van der Waals surface area contributed by atoms with E-state index in [9.17, 15) is 14.0 Å². The van der Waals surface area contributed by atoms with Crippen LogP contribution in [0.25, 0.3) is 0 Å². The van der Waals surface area contributed by atoms with Crippen molar-refractivity contribution in [2.24, 2.45) is 0 Å². The molecule has 154 valence electrons. The molecule has 5 nitrogen and oxygen atoms in total. The van der Waals surface area contributed by atoms with Crippen LogP contribution in [0, 0.1) is 5.82 Å². The third-order valence-electron chi connectivity index (χ3n) is 5.66. The highest BCUT2D eigenvalue weighted by Crippen LogP contribution is 2.41. The largest absolute Gasteiger partial charge is 0.354 e. The van der Waals surface area contributed by atoms with Crippen molar-refractivity contribution in [2.75, 3.05) is 25.4 Å². The van der Waals surface area contributed by atoms with E-state index in [1.54, 1.807) is 17.0 Å². The molecule has 28 heavy (non-hydrogen) atoms. The second-order valence-electron chi connectivity index (χ2n) is 7.71. The van der Waals surface area contributed by atoms with Gasteiger partial charge in [-0.2, -0.15) is 0 Å². The number of thioether (sulfide) groups is 1. The topological polar surface area (TPSA) is 52.7 Å². The zero-order chi connectivity index (χ0) is 20.1. The monoisotopic (exact) mass is 407 g/mol. The molecular weight excluding hydrogens is 377 g/mol. The van der Waals surface area contributed by atoms with Crippen molar-refractivity contribution in [3.8, 4) is 0 Å². The summed E-state index contributed by atoms with van der Waals surface area (Å²) in [7, 11) is 0. The van der Waals surface area contributed by atoms with Crippen molar-refractivity contribution in [1.82, 2.24) is 15.1 Å². The van der Waals surface area contributed by atoms with Crippen molar-refractivity contribution in [1.29, 1.82) is 0 Å². The molecule has 2 aliphatic rings. The number of piperidine rings is 1. The summed E-state index contributed by atoms with van der Waals surface area (Å²) in [6.07, 6.45) is 4.72.